The van der Waals surface area contributed by atoms with Gasteiger partial charge in [-0.25, -0.2) is 0 Å². The Hall–Kier alpha value is -0.650. The van der Waals surface area contributed by atoms with Crippen LogP contribution in [0.3, 0.4) is 0 Å². The van der Waals surface area contributed by atoms with E-state index in [0.29, 0.717) is 19.7 Å². The third kappa shape index (κ3) is 3.94. The molecule has 2 N–H and O–H groups in total. The van der Waals surface area contributed by atoms with Crippen LogP contribution in [0.5, 0.6) is 0 Å². The van der Waals surface area contributed by atoms with Gasteiger partial charge in [0.2, 0.25) is 5.91 Å². The summed E-state index contributed by atoms with van der Waals surface area (Å²) in [4.78, 5) is 13.9. The Morgan fingerprint density at radius 2 is 2.18 bits per heavy atom. The number of carbonyl (C=O) groups is 1. The standard InChI is InChI=1S/C12H24N2O3/c1-14(2)8-10(15)7-13-11(16)12(9-17-3)5-4-6-12/h10,15H,4-9H2,1-3H3,(H,13,16). The number of amides is 1. The topological polar surface area (TPSA) is 61.8 Å². The van der Waals surface area contributed by atoms with Crippen molar-refractivity contribution in [1.82, 2.24) is 10.2 Å². The highest BCUT2D eigenvalue weighted by atomic mass is 16.5. The number of carbonyl (C=O) groups excluding carboxylic acids is 1. The molecule has 1 amide bonds. The summed E-state index contributed by atoms with van der Waals surface area (Å²) in [6.45, 7) is 1.34. The van der Waals surface area contributed by atoms with Crippen LogP contribution in [0.2, 0.25) is 0 Å². The zero-order chi connectivity index (χ0) is 12.9. The second kappa shape index (κ2) is 6.33. The molecule has 1 aliphatic rings. The monoisotopic (exact) mass is 244 g/mol. The molecule has 0 aliphatic heterocycles. The zero-order valence-electron chi connectivity index (χ0n) is 11.0. The average molecular weight is 244 g/mol. The molecule has 1 saturated carbocycles. The van der Waals surface area contributed by atoms with Gasteiger partial charge < -0.3 is 20.1 Å². The van der Waals surface area contributed by atoms with Crippen LogP contribution in [-0.2, 0) is 9.53 Å². The first-order chi connectivity index (χ1) is 8.00. The number of nitrogens with zero attached hydrogens (tertiary/aromatic N) is 1. The Morgan fingerprint density at radius 3 is 2.59 bits per heavy atom. The van der Waals surface area contributed by atoms with Gasteiger partial charge in [-0.1, -0.05) is 6.42 Å². The number of hydrogen-bond donors (Lipinski definition) is 2. The number of aliphatic hydroxyl groups is 1. The number of methoxy groups -OCH3 is 1. The maximum absolute atomic E-state index is 12.0. The van der Waals surface area contributed by atoms with E-state index in [4.69, 9.17) is 4.74 Å². The summed E-state index contributed by atoms with van der Waals surface area (Å²) in [5, 5.41) is 12.5. The summed E-state index contributed by atoms with van der Waals surface area (Å²) >= 11 is 0. The molecule has 1 rings (SSSR count). The highest BCUT2D eigenvalue weighted by molar-refractivity contribution is 5.83. The maximum atomic E-state index is 12.0. The minimum Gasteiger partial charge on any atom is -0.390 e. The highest BCUT2D eigenvalue weighted by Crippen LogP contribution is 2.41. The molecular formula is C12H24N2O3. The van der Waals surface area contributed by atoms with Gasteiger partial charge in [-0.05, 0) is 26.9 Å². The summed E-state index contributed by atoms with van der Waals surface area (Å²) in [5.41, 5.74) is -0.341. The van der Waals surface area contributed by atoms with E-state index in [1.165, 1.54) is 0 Å². The fourth-order valence-electron chi connectivity index (χ4n) is 2.20. The van der Waals surface area contributed by atoms with Crippen molar-refractivity contribution in [3.63, 3.8) is 0 Å². The Labute approximate surface area is 103 Å². The quantitative estimate of drug-likeness (QED) is 0.653. The molecule has 1 atom stereocenters. The molecule has 0 bridgehead atoms. The van der Waals surface area contributed by atoms with E-state index in [9.17, 15) is 9.90 Å². The molecular weight excluding hydrogens is 220 g/mol. The fourth-order valence-corrected chi connectivity index (χ4v) is 2.20. The number of aliphatic hydroxyl groups excluding tert-OH is 1. The minimum atomic E-state index is -0.520. The Kier molecular flexibility index (Phi) is 5.36. The molecule has 5 heteroatoms. The lowest BCUT2D eigenvalue weighted by molar-refractivity contribution is -0.141. The third-order valence-corrected chi connectivity index (χ3v) is 3.29. The van der Waals surface area contributed by atoms with E-state index < -0.39 is 6.10 Å². The smallest absolute Gasteiger partial charge is 0.228 e. The van der Waals surface area contributed by atoms with Gasteiger partial charge in [0.05, 0.1) is 18.1 Å². The molecule has 100 valence electrons. The van der Waals surface area contributed by atoms with Gasteiger partial charge in [0, 0.05) is 20.2 Å². The fraction of sp³-hybridized carbons (Fsp3) is 0.917. The molecule has 0 aromatic rings. The van der Waals surface area contributed by atoms with Crippen LogP contribution < -0.4 is 5.32 Å². The van der Waals surface area contributed by atoms with Gasteiger partial charge in [0.15, 0.2) is 0 Å². The van der Waals surface area contributed by atoms with Gasteiger partial charge in [-0.3, -0.25) is 4.79 Å². The van der Waals surface area contributed by atoms with Crippen molar-refractivity contribution >= 4 is 5.91 Å². The first-order valence-corrected chi connectivity index (χ1v) is 6.10. The normalized spacial score (nSPS) is 19.8. The summed E-state index contributed by atoms with van der Waals surface area (Å²) < 4.78 is 5.11. The largest absolute Gasteiger partial charge is 0.390 e. The lowest BCUT2D eigenvalue weighted by Crippen LogP contribution is -2.50. The molecule has 0 spiro atoms. The van der Waals surface area contributed by atoms with Crippen LogP contribution in [0, 0.1) is 5.41 Å². The van der Waals surface area contributed by atoms with Crippen molar-refractivity contribution < 1.29 is 14.6 Å². The Morgan fingerprint density at radius 1 is 1.53 bits per heavy atom. The average Bonchev–Trinajstić information content (AvgIpc) is 2.19. The van der Waals surface area contributed by atoms with E-state index in [2.05, 4.69) is 5.32 Å². The first kappa shape index (κ1) is 14.4. The third-order valence-electron chi connectivity index (χ3n) is 3.29. The van der Waals surface area contributed by atoms with E-state index >= 15 is 0 Å². The van der Waals surface area contributed by atoms with Crippen molar-refractivity contribution in [2.75, 3.05) is 40.9 Å². The number of hydrogen-bond acceptors (Lipinski definition) is 4. The van der Waals surface area contributed by atoms with Gasteiger partial charge in [0.25, 0.3) is 0 Å². The van der Waals surface area contributed by atoms with Gasteiger partial charge in [-0.2, -0.15) is 0 Å². The summed E-state index contributed by atoms with van der Waals surface area (Å²) in [7, 11) is 5.40. The molecule has 0 radical (unpaired) electrons. The zero-order valence-corrected chi connectivity index (χ0v) is 11.0. The van der Waals surface area contributed by atoms with Crippen LogP contribution >= 0.6 is 0 Å². The van der Waals surface area contributed by atoms with Gasteiger partial charge in [0.1, 0.15) is 0 Å². The molecule has 0 aromatic heterocycles. The van der Waals surface area contributed by atoms with Crippen LogP contribution in [0.4, 0.5) is 0 Å². The molecule has 0 saturated heterocycles. The molecule has 5 nitrogen and oxygen atoms in total. The van der Waals surface area contributed by atoms with Gasteiger partial charge >= 0.3 is 0 Å². The summed E-state index contributed by atoms with van der Waals surface area (Å²) in [5.74, 6) is 0.0170. The molecule has 0 aromatic carbocycles. The second-order valence-electron chi connectivity index (χ2n) is 5.19. The lowest BCUT2D eigenvalue weighted by atomic mass is 9.68. The van der Waals surface area contributed by atoms with Crippen molar-refractivity contribution in [1.29, 1.82) is 0 Å². The summed E-state index contributed by atoms with van der Waals surface area (Å²) in [6, 6.07) is 0. The summed E-state index contributed by atoms with van der Waals surface area (Å²) in [6.07, 6.45) is 2.33. The molecule has 1 aliphatic carbocycles. The highest BCUT2D eigenvalue weighted by Gasteiger charge is 2.44. The Balaban J connectivity index is 2.33. The van der Waals surface area contributed by atoms with Crippen molar-refractivity contribution in [3.8, 4) is 0 Å². The maximum Gasteiger partial charge on any atom is 0.228 e. The minimum absolute atomic E-state index is 0.0170. The van der Waals surface area contributed by atoms with Crippen LogP contribution in [0.1, 0.15) is 19.3 Å². The second-order valence-corrected chi connectivity index (χ2v) is 5.19. The van der Waals surface area contributed by atoms with Crippen LogP contribution in [0.15, 0.2) is 0 Å². The van der Waals surface area contributed by atoms with E-state index in [0.717, 1.165) is 19.3 Å². The number of rotatable bonds is 7. The predicted molar refractivity (Wildman–Crippen MR) is 65.7 cm³/mol. The van der Waals surface area contributed by atoms with E-state index in [1.54, 1.807) is 7.11 Å². The number of ether oxygens (including phenoxy) is 1. The van der Waals surface area contributed by atoms with Crippen molar-refractivity contribution in [2.45, 2.75) is 25.4 Å². The molecule has 1 unspecified atom stereocenters. The van der Waals surface area contributed by atoms with Crippen molar-refractivity contribution in [2.24, 2.45) is 5.41 Å². The van der Waals surface area contributed by atoms with Gasteiger partial charge in [-0.15, -0.1) is 0 Å². The first-order valence-electron chi connectivity index (χ1n) is 6.10. The van der Waals surface area contributed by atoms with Crippen molar-refractivity contribution in [3.05, 3.63) is 0 Å². The number of likely N-dealkylation sites (N-methyl/N-ethyl adjacent to an activating group) is 1. The molecule has 17 heavy (non-hydrogen) atoms. The number of nitrogens with one attached hydrogen (secondary N) is 1. The van der Waals surface area contributed by atoms with E-state index in [-0.39, 0.29) is 11.3 Å². The van der Waals surface area contributed by atoms with Crippen LogP contribution in [-0.4, -0.2) is 62.9 Å². The lowest BCUT2D eigenvalue weighted by Gasteiger charge is -2.39. The molecule has 0 heterocycles. The Bertz CT molecular complexity index is 252. The van der Waals surface area contributed by atoms with E-state index in [1.807, 2.05) is 19.0 Å². The predicted octanol–water partition coefficient (Wildman–Crippen LogP) is -0.158. The molecule has 1 fully saturated rings. The van der Waals surface area contributed by atoms with Crippen LogP contribution in [0.25, 0.3) is 0 Å². The SMILES string of the molecule is COCC1(C(=O)NCC(O)CN(C)C)CCC1.